The number of hydrogen-bond acceptors (Lipinski definition) is 6. The van der Waals surface area contributed by atoms with Crippen LogP contribution < -0.4 is 5.32 Å². The van der Waals surface area contributed by atoms with Gasteiger partial charge in [0, 0.05) is 38.2 Å². The lowest BCUT2D eigenvalue weighted by Crippen LogP contribution is -2.54. The molecule has 0 aliphatic carbocycles. The Bertz CT molecular complexity index is 1420. The van der Waals surface area contributed by atoms with Crippen LogP contribution in [0.2, 0.25) is 0 Å². The summed E-state index contributed by atoms with van der Waals surface area (Å²) in [5.74, 6) is -2.29. The SMILES string of the molecule is O=C1CCC(N2C(=O)c3ccc(CN4CCC(n5cnc6cc(F)ccc65)CC4)cc3C2=O)C(=O)N1. The van der Waals surface area contributed by atoms with Crippen molar-refractivity contribution in [3.8, 4) is 0 Å². The standard InChI is InChI=1S/C26H24FN5O4/c27-16-2-4-21-20(12-16)28-14-31(21)17-7-9-30(10-8-17)13-15-1-3-18-19(11-15)26(36)32(25(18)35)22-5-6-23(33)29-24(22)34/h1-4,11-12,14,17,22H,5-10,13H2,(H,29,33,34). The minimum absolute atomic E-state index is 0.0940. The zero-order valence-corrected chi connectivity index (χ0v) is 19.4. The summed E-state index contributed by atoms with van der Waals surface area (Å²) in [7, 11) is 0. The molecular weight excluding hydrogens is 465 g/mol. The largest absolute Gasteiger partial charge is 0.327 e. The first-order chi connectivity index (χ1) is 17.4. The summed E-state index contributed by atoms with van der Waals surface area (Å²) in [4.78, 5) is 57.3. The smallest absolute Gasteiger partial charge is 0.262 e. The molecule has 0 radical (unpaired) electrons. The molecule has 36 heavy (non-hydrogen) atoms. The number of hydrogen-bond donors (Lipinski definition) is 1. The van der Waals surface area contributed by atoms with Gasteiger partial charge in [0.1, 0.15) is 11.9 Å². The van der Waals surface area contributed by atoms with Crippen LogP contribution in [0.1, 0.15) is 58.0 Å². The number of aromatic nitrogens is 2. The maximum Gasteiger partial charge on any atom is 0.262 e. The second kappa shape index (κ2) is 8.63. The summed E-state index contributed by atoms with van der Waals surface area (Å²) in [5, 5.41) is 2.21. The van der Waals surface area contributed by atoms with E-state index >= 15 is 0 Å². The van der Waals surface area contributed by atoms with Gasteiger partial charge < -0.3 is 4.57 Å². The summed E-state index contributed by atoms with van der Waals surface area (Å²) in [6.45, 7) is 2.32. The number of halogens is 1. The molecule has 9 nitrogen and oxygen atoms in total. The number of nitrogens with one attached hydrogen (secondary N) is 1. The molecule has 0 bridgehead atoms. The van der Waals surface area contributed by atoms with Crippen LogP contribution in [-0.2, 0) is 16.1 Å². The third kappa shape index (κ3) is 3.78. The number of rotatable bonds is 4. The van der Waals surface area contributed by atoms with Crippen molar-refractivity contribution in [1.29, 1.82) is 0 Å². The first-order valence-corrected chi connectivity index (χ1v) is 12.1. The Morgan fingerprint density at radius 3 is 2.50 bits per heavy atom. The van der Waals surface area contributed by atoms with Crippen LogP contribution in [0.5, 0.6) is 0 Å². The van der Waals surface area contributed by atoms with Gasteiger partial charge in [-0.25, -0.2) is 9.37 Å². The molecule has 3 aliphatic rings. The number of carbonyl (C=O) groups excluding carboxylic acids is 4. The van der Waals surface area contributed by atoms with Gasteiger partial charge in [-0.1, -0.05) is 6.07 Å². The van der Waals surface area contributed by atoms with Crippen LogP contribution in [0.25, 0.3) is 11.0 Å². The number of piperidine rings is 2. The first-order valence-electron chi connectivity index (χ1n) is 12.1. The predicted molar refractivity (Wildman–Crippen MR) is 126 cm³/mol. The Labute approximate surface area is 205 Å². The number of amides is 4. The molecule has 1 N–H and O–H groups in total. The first kappa shape index (κ1) is 22.5. The number of likely N-dealkylation sites (tertiary alicyclic amines) is 1. The zero-order chi connectivity index (χ0) is 25.0. The quantitative estimate of drug-likeness (QED) is 0.565. The number of imidazole rings is 1. The number of carbonyl (C=O) groups is 4. The molecule has 6 rings (SSSR count). The second-order valence-electron chi connectivity index (χ2n) is 9.62. The van der Waals surface area contributed by atoms with Crippen molar-refractivity contribution in [2.24, 2.45) is 0 Å². The van der Waals surface area contributed by atoms with Crippen molar-refractivity contribution >= 4 is 34.7 Å². The minimum Gasteiger partial charge on any atom is -0.327 e. The molecule has 2 saturated heterocycles. The molecule has 3 aromatic rings. The second-order valence-corrected chi connectivity index (χ2v) is 9.62. The molecular formula is C26H24FN5O4. The fourth-order valence-electron chi connectivity index (χ4n) is 5.53. The third-order valence-corrected chi connectivity index (χ3v) is 7.40. The van der Waals surface area contributed by atoms with E-state index in [9.17, 15) is 23.6 Å². The Balaban J connectivity index is 1.13. The highest BCUT2D eigenvalue weighted by atomic mass is 19.1. The van der Waals surface area contributed by atoms with E-state index in [0.717, 1.165) is 41.9 Å². The Hall–Kier alpha value is -3.92. The lowest BCUT2D eigenvalue weighted by Gasteiger charge is -2.33. The molecule has 3 aliphatic heterocycles. The van der Waals surface area contributed by atoms with Gasteiger partial charge in [0.15, 0.2) is 0 Å². The minimum atomic E-state index is -0.965. The lowest BCUT2D eigenvalue weighted by molar-refractivity contribution is -0.136. The van der Waals surface area contributed by atoms with Gasteiger partial charge in [0.05, 0.1) is 28.5 Å². The normalized spacial score (nSPS) is 21.4. The average molecular weight is 490 g/mol. The molecule has 2 fully saturated rings. The summed E-state index contributed by atoms with van der Waals surface area (Å²) in [5.41, 5.74) is 3.09. The average Bonchev–Trinajstić information content (AvgIpc) is 3.38. The third-order valence-electron chi connectivity index (χ3n) is 7.40. The highest BCUT2D eigenvalue weighted by molar-refractivity contribution is 6.23. The number of imide groups is 2. The van der Waals surface area contributed by atoms with Gasteiger partial charge in [-0.2, -0.15) is 0 Å². The van der Waals surface area contributed by atoms with E-state index < -0.39 is 29.7 Å². The van der Waals surface area contributed by atoms with Gasteiger partial charge in [-0.3, -0.25) is 34.3 Å². The molecule has 0 spiro atoms. The number of benzene rings is 2. The van der Waals surface area contributed by atoms with Crippen molar-refractivity contribution < 1.29 is 23.6 Å². The zero-order valence-electron chi connectivity index (χ0n) is 19.4. The number of fused-ring (bicyclic) bond motifs is 2. The van der Waals surface area contributed by atoms with Gasteiger partial charge in [-0.05, 0) is 49.1 Å². The van der Waals surface area contributed by atoms with Crippen molar-refractivity contribution in [1.82, 2.24) is 24.7 Å². The molecule has 1 atom stereocenters. The lowest BCUT2D eigenvalue weighted by atomic mass is 10.0. The van der Waals surface area contributed by atoms with Crippen LogP contribution in [0, 0.1) is 5.82 Å². The van der Waals surface area contributed by atoms with Gasteiger partial charge in [0.2, 0.25) is 11.8 Å². The Morgan fingerprint density at radius 2 is 1.72 bits per heavy atom. The summed E-state index contributed by atoms with van der Waals surface area (Å²) < 4.78 is 15.6. The fourth-order valence-corrected chi connectivity index (χ4v) is 5.53. The fraction of sp³-hybridized carbons (Fsp3) is 0.346. The highest BCUT2D eigenvalue weighted by Gasteiger charge is 2.44. The summed E-state index contributed by atoms with van der Waals surface area (Å²) in [6, 6.07) is 9.23. The molecule has 184 valence electrons. The summed E-state index contributed by atoms with van der Waals surface area (Å²) >= 11 is 0. The topological polar surface area (TPSA) is 105 Å². The molecule has 4 heterocycles. The van der Waals surface area contributed by atoms with Crippen molar-refractivity contribution in [2.45, 2.75) is 44.3 Å². The van der Waals surface area contributed by atoms with Crippen LogP contribution >= 0.6 is 0 Å². The Morgan fingerprint density at radius 1 is 0.944 bits per heavy atom. The van der Waals surface area contributed by atoms with Crippen LogP contribution in [0.15, 0.2) is 42.7 Å². The van der Waals surface area contributed by atoms with E-state index in [-0.39, 0.29) is 30.3 Å². The van der Waals surface area contributed by atoms with E-state index in [2.05, 4.69) is 19.8 Å². The molecule has 4 amide bonds. The highest BCUT2D eigenvalue weighted by Crippen LogP contribution is 2.30. The molecule has 1 unspecified atom stereocenters. The van der Waals surface area contributed by atoms with E-state index in [0.29, 0.717) is 17.6 Å². The van der Waals surface area contributed by atoms with Crippen LogP contribution in [0.4, 0.5) is 4.39 Å². The number of nitrogens with zero attached hydrogens (tertiary/aromatic N) is 4. The van der Waals surface area contributed by atoms with Gasteiger partial charge in [0.25, 0.3) is 11.8 Å². The van der Waals surface area contributed by atoms with Crippen molar-refractivity contribution in [2.75, 3.05) is 13.1 Å². The van der Waals surface area contributed by atoms with Crippen molar-refractivity contribution in [3.63, 3.8) is 0 Å². The van der Waals surface area contributed by atoms with E-state index in [4.69, 9.17) is 0 Å². The van der Waals surface area contributed by atoms with Crippen molar-refractivity contribution in [3.05, 3.63) is 65.2 Å². The Kier molecular flexibility index (Phi) is 5.40. The van der Waals surface area contributed by atoms with E-state index in [1.165, 1.54) is 12.1 Å². The van der Waals surface area contributed by atoms with Gasteiger partial charge >= 0.3 is 0 Å². The van der Waals surface area contributed by atoms with E-state index in [1.54, 1.807) is 24.5 Å². The maximum atomic E-state index is 13.5. The maximum absolute atomic E-state index is 13.5. The van der Waals surface area contributed by atoms with Crippen LogP contribution in [-0.4, -0.2) is 62.1 Å². The molecule has 2 aromatic carbocycles. The monoisotopic (exact) mass is 489 g/mol. The van der Waals surface area contributed by atoms with Crippen LogP contribution in [0.3, 0.4) is 0 Å². The predicted octanol–water partition coefficient (Wildman–Crippen LogP) is 2.41. The van der Waals surface area contributed by atoms with Gasteiger partial charge in [-0.15, -0.1) is 0 Å². The van der Waals surface area contributed by atoms with E-state index in [1.807, 2.05) is 6.07 Å². The summed E-state index contributed by atoms with van der Waals surface area (Å²) in [6.07, 6.45) is 3.83. The molecule has 1 aromatic heterocycles. The molecule has 10 heteroatoms. The molecule has 0 saturated carbocycles.